The number of fused-ring (bicyclic) bond motifs is 1. The Hall–Kier alpha value is -3.53. The molecule has 1 atom stereocenters. The van der Waals surface area contributed by atoms with E-state index in [2.05, 4.69) is 20.6 Å². The number of hydrogen-bond donors (Lipinski definition) is 2. The third-order valence-electron chi connectivity index (χ3n) is 5.22. The van der Waals surface area contributed by atoms with E-state index >= 15 is 0 Å². The van der Waals surface area contributed by atoms with Crippen LogP contribution in [0.1, 0.15) is 33.4 Å². The lowest BCUT2D eigenvalue weighted by atomic mass is 10.0. The molecule has 0 bridgehead atoms. The normalized spacial score (nSPS) is 16.2. The fourth-order valence-corrected chi connectivity index (χ4v) is 3.66. The van der Waals surface area contributed by atoms with Crippen molar-refractivity contribution in [3.05, 3.63) is 81.7 Å². The van der Waals surface area contributed by atoms with Crippen LogP contribution in [-0.4, -0.2) is 33.5 Å². The van der Waals surface area contributed by atoms with Crippen molar-refractivity contribution in [3.8, 4) is 11.3 Å². The quantitative estimate of drug-likeness (QED) is 0.650. The van der Waals surface area contributed by atoms with E-state index < -0.39 is 29.3 Å². The number of amides is 1. The molecule has 0 saturated heterocycles. The number of carbonyl (C=O) groups is 1. The van der Waals surface area contributed by atoms with Gasteiger partial charge in [-0.25, -0.2) is 4.98 Å². The minimum absolute atomic E-state index is 0.213. The number of benzene rings is 1. The van der Waals surface area contributed by atoms with Crippen LogP contribution in [0.4, 0.5) is 13.2 Å². The van der Waals surface area contributed by atoms with E-state index in [0.29, 0.717) is 29.9 Å². The number of aromatic nitrogens is 3. The number of halogens is 3. The zero-order valence-electron chi connectivity index (χ0n) is 17.1. The molecule has 3 aromatic rings. The van der Waals surface area contributed by atoms with Crippen LogP contribution in [-0.2, 0) is 12.7 Å². The van der Waals surface area contributed by atoms with Gasteiger partial charge in [-0.05, 0) is 31.2 Å². The van der Waals surface area contributed by atoms with E-state index in [-0.39, 0.29) is 17.9 Å². The van der Waals surface area contributed by atoms with Crippen molar-refractivity contribution in [3.63, 3.8) is 0 Å². The zero-order chi connectivity index (χ0) is 22.9. The average Bonchev–Trinajstić information content (AvgIpc) is 2.96. The van der Waals surface area contributed by atoms with Gasteiger partial charge in [0.25, 0.3) is 11.5 Å². The first-order valence-corrected chi connectivity index (χ1v) is 9.95. The summed E-state index contributed by atoms with van der Waals surface area (Å²) < 4.78 is 42.0. The van der Waals surface area contributed by atoms with E-state index in [1.54, 1.807) is 24.5 Å². The lowest BCUT2D eigenvalue weighted by Gasteiger charge is -2.21. The molecule has 1 amide bonds. The summed E-state index contributed by atoms with van der Waals surface area (Å²) >= 11 is 0. The molecule has 2 N–H and O–H groups in total. The Balaban J connectivity index is 1.73. The Morgan fingerprint density at radius 2 is 1.94 bits per heavy atom. The van der Waals surface area contributed by atoms with Crippen LogP contribution in [0, 0.1) is 6.92 Å². The van der Waals surface area contributed by atoms with Gasteiger partial charge >= 0.3 is 6.18 Å². The van der Waals surface area contributed by atoms with Crippen LogP contribution in [0.5, 0.6) is 0 Å². The zero-order valence-corrected chi connectivity index (χ0v) is 17.1. The molecule has 7 nitrogen and oxygen atoms in total. The van der Waals surface area contributed by atoms with Crippen LogP contribution < -0.4 is 16.2 Å². The van der Waals surface area contributed by atoms with Gasteiger partial charge < -0.3 is 10.6 Å². The highest BCUT2D eigenvalue weighted by Gasteiger charge is 2.36. The molecule has 1 aromatic carbocycles. The van der Waals surface area contributed by atoms with E-state index in [1.807, 2.05) is 0 Å². The molecular formula is C22H20F3N5O2. The Bertz CT molecular complexity index is 1210. The lowest BCUT2D eigenvalue weighted by molar-refractivity contribution is -0.138. The smallest absolute Gasteiger partial charge is 0.341 e. The summed E-state index contributed by atoms with van der Waals surface area (Å²) in [6, 6.07) is 7.54. The third kappa shape index (κ3) is 4.40. The van der Waals surface area contributed by atoms with Gasteiger partial charge in [0, 0.05) is 43.7 Å². The third-order valence-corrected chi connectivity index (χ3v) is 5.22. The molecule has 2 aromatic heterocycles. The first kappa shape index (κ1) is 21.7. The van der Waals surface area contributed by atoms with Crippen LogP contribution in [0.2, 0.25) is 0 Å². The summed E-state index contributed by atoms with van der Waals surface area (Å²) in [5, 5.41) is 5.73. The fraction of sp³-hybridized carbons (Fsp3) is 0.273. The second-order valence-corrected chi connectivity index (χ2v) is 7.50. The second kappa shape index (κ2) is 8.54. The molecule has 0 fully saturated rings. The maximum absolute atomic E-state index is 13.5. The standard InChI is InChI=1S/C22H20F3N5O2/c1-13-2-3-15(16(10-13)22(23,24)25)21(32)29-18-12-27-8-9-30-19(31)11-17(28-20(18)30)14-4-6-26-7-5-14/h2-7,10-11,18,27H,8-9,12H2,1H3,(H,29,32). The predicted octanol–water partition coefficient (Wildman–Crippen LogP) is 2.71. The van der Waals surface area contributed by atoms with Gasteiger partial charge in [0.2, 0.25) is 0 Å². The number of pyridine rings is 1. The van der Waals surface area contributed by atoms with Crippen molar-refractivity contribution in [1.29, 1.82) is 0 Å². The fourth-order valence-electron chi connectivity index (χ4n) is 3.66. The Kier molecular flexibility index (Phi) is 5.79. The molecule has 1 aliphatic rings. The summed E-state index contributed by atoms with van der Waals surface area (Å²) in [4.78, 5) is 34.2. The number of nitrogens with zero attached hydrogens (tertiary/aromatic N) is 3. The molecule has 166 valence electrons. The van der Waals surface area contributed by atoms with E-state index in [1.165, 1.54) is 23.6 Å². The molecule has 0 aliphatic carbocycles. The van der Waals surface area contributed by atoms with Crippen molar-refractivity contribution in [2.24, 2.45) is 0 Å². The van der Waals surface area contributed by atoms with E-state index in [0.717, 1.165) is 12.1 Å². The van der Waals surface area contributed by atoms with Crippen molar-refractivity contribution in [2.45, 2.75) is 25.7 Å². The summed E-state index contributed by atoms with van der Waals surface area (Å²) in [5.74, 6) is -0.607. The van der Waals surface area contributed by atoms with Crippen LogP contribution in [0.25, 0.3) is 11.3 Å². The van der Waals surface area contributed by atoms with Crippen molar-refractivity contribution < 1.29 is 18.0 Å². The lowest BCUT2D eigenvalue weighted by Crippen LogP contribution is -2.37. The van der Waals surface area contributed by atoms with Gasteiger partial charge in [-0.1, -0.05) is 11.6 Å². The maximum Gasteiger partial charge on any atom is 0.417 e. The van der Waals surface area contributed by atoms with Crippen molar-refractivity contribution in [2.75, 3.05) is 13.1 Å². The second-order valence-electron chi connectivity index (χ2n) is 7.50. The van der Waals surface area contributed by atoms with Gasteiger partial charge in [0.15, 0.2) is 0 Å². The highest BCUT2D eigenvalue weighted by atomic mass is 19.4. The highest BCUT2D eigenvalue weighted by Crippen LogP contribution is 2.33. The molecule has 0 radical (unpaired) electrons. The number of carbonyl (C=O) groups excluding carboxylic acids is 1. The van der Waals surface area contributed by atoms with Crippen LogP contribution >= 0.6 is 0 Å². The molecule has 4 rings (SSSR count). The molecule has 0 saturated carbocycles. The number of aryl methyl sites for hydroxylation is 1. The van der Waals surface area contributed by atoms with Crippen LogP contribution in [0.3, 0.4) is 0 Å². The number of rotatable bonds is 3. The van der Waals surface area contributed by atoms with Gasteiger partial charge in [-0.2, -0.15) is 13.2 Å². The first-order chi connectivity index (χ1) is 15.2. The van der Waals surface area contributed by atoms with Gasteiger partial charge in [-0.3, -0.25) is 19.1 Å². The summed E-state index contributed by atoms with van der Waals surface area (Å²) in [5.41, 5.74) is -0.336. The molecule has 32 heavy (non-hydrogen) atoms. The molecular weight excluding hydrogens is 423 g/mol. The highest BCUT2D eigenvalue weighted by molar-refractivity contribution is 5.96. The SMILES string of the molecule is Cc1ccc(C(=O)NC2CNCCn3c2nc(-c2ccncc2)cc3=O)c(C(F)(F)F)c1. The largest absolute Gasteiger partial charge is 0.417 e. The number of hydrogen-bond acceptors (Lipinski definition) is 5. The minimum atomic E-state index is -4.68. The molecule has 1 aliphatic heterocycles. The topological polar surface area (TPSA) is 88.9 Å². The predicted molar refractivity (Wildman–Crippen MR) is 111 cm³/mol. The van der Waals surface area contributed by atoms with Crippen molar-refractivity contribution in [1.82, 2.24) is 25.2 Å². The molecule has 3 heterocycles. The van der Waals surface area contributed by atoms with Gasteiger partial charge in [0.05, 0.1) is 22.9 Å². The average molecular weight is 443 g/mol. The van der Waals surface area contributed by atoms with E-state index in [4.69, 9.17) is 0 Å². The molecule has 0 spiro atoms. The summed E-state index contributed by atoms with van der Waals surface area (Å²) in [6.07, 6.45) is -1.55. The van der Waals surface area contributed by atoms with Gasteiger partial charge in [-0.15, -0.1) is 0 Å². The first-order valence-electron chi connectivity index (χ1n) is 9.95. The number of nitrogens with one attached hydrogen (secondary N) is 2. The molecule has 10 heteroatoms. The summed E-state index contributed by atoms with van der Waals surface area (Å²) in [6.45, 7) is 2.51. The minimum Gasteiger partial charge on any atom is -0.341 e. The number of alkyl halides is 3. The Morgan fingerprint density at radius 3 is 2.66 bits per heavy atom. The summed E-state index contributed by atoms with van der Waals surface area (Å²) in [7, 11) is 0. The van der Waals surface area contributed by atoms with Crippen LogP contribution in [0.15, 0.2) is 53.6 Å². The Labute approximate surface area is 181 Å². The van der Waals surface area contributed by atoms with E-state index in [9.17, 15) is 22.8 Å². The van der Waals surface area contributed by atoms with Crippen molar-refractivity contribution >= 4 is 5.91 Å². The monoisotopic (exact) mass is 443 g/mol. The Morgan fingerprint density at radius 1 is 1.19 bits per heavy atom. The van der Waals surface area contributed by atoms with Gasteiger partial charge in [0.1, 0.15) is 5.82 Å². The molecule has 1 unspecified atom stereocenters. The maximum atomic E-state index is 13.5.